The van der Waals surface area contributed by atoms with Crippen molar-refractivity contribution in [3.05, 3.63) is 0 Å². The van der Waals surface area contributed by atoms with Gasteiger partial charge in [0, 0.05) is 24.4 Å². The van der Waals surface area contributed by atoms with Gasteiger partial charge >= 0.3 is 0 Å². The zero-order chi connectivity index (χ0) is 17.7. The van der Waals surface area contributed by atoms with E-state index in [4.69, 9.17) is 5.26 Å². The Balaban J connectivity index is 2.12. The molecule has 2 rings (SSSR count). The summed E-state index contributed by atoms with van der Waals surface area (Å²) in [5.74, 6) is 1.88. The van der Waals surface area contributed by atoms with E-state index in [1.165, 1.54) is 6.42 Å². The van der Waals surface area contributed by atoms with Gasteiger partial charge in [-0.1, -0.05) is 33.0 Å². The van der Waals surface area contributed by atoms with E-state index in [1.54, 1.807) is 13.7 Å². The molecule has 2 amide bonds. The molecule has 1 aliphatic heterocycles. The quantitative estimate of drug-likeness (QED) is 0.787. The minimum atomic E-state index is -0.424. The molecule has 6 heteroatoms. The molecule has 1 N–H and O–H groups in total. The minimum absolute atomic E-state index is 0.0806. The average Bonchev–Trinajstić information content (AvgIpc) is 3.04. The molecule has 2 fully saturated rings. The number of amides is 2. The predicted octanol–water partition coefficient (Wildman–Crippen LogP) is 2.64. The van der Waals surface area contributed by atoms with Crippen LogP contribution in [0.15, 0.2) is 0 Å². The van der Waals surface area contributed by atoms with Crippen LogP contribution in [0.5, 0.6) is 0 Å². The van der Waals surface area contributed by atoms with Crippen LogP contribution >= 0.6 is 0 Å². The maximum absolute atomic E-state index is 13.1. The number of hydrogen-bond acceptors (Lipinski definition) is 3. The van der Waals surface area contributed by atoms with E-state index in [-0.39, 0.29) is 30.5 Å². The Morgan fingerprint density at radius 2 is 1.88 bits per heavy atom. The molecule has 1 saturated heterocycles. The maximum atomic E-state index is 13.1. The van der Waals surface area contributed by atoms with E-state index in [9.17, 15) is 9.59 Å². The van der Waals surface area contributed by atoms with Crippen molar-refractivity contribution in [2.45, 2.75) is 83.5 Å². The number of carbonyl (C=O) groups excluding carboxylic acids is 2. The third kappa shape index (κ3) is 4.31. The van der Waals surface area contributed by atoms with Crippen molar-refractivity contribution in [3.8, 4) is 5.97 Å². The van der Waals surface area contributed by atoms with E-state index in [2.05, 4.69) is 18.2 Å². The smallest absolute Gasteiger partial charge is 0.276 e. The largest absolute Gasteiger partial charge is 0.344 e. The van der Waals surface area contributed by atoms with Gasteiger partial charge < -0.3 is 10.2 Å². The SMILES string of the molecule is CB(C#N)[C@@H](C)C(=O)NC(C(=O)N1CCCC1C)C1CCCCC1. The van der Waals surface area contributed by atoms with Gasteiger partial charge in [0.25, 0.3) is 6.71 Å². The number of likely N-dealkylation sites (tertiary alicyclic amines) is 1. The molecule has 2 aliphatic rings. The molecular formula is C18H30BN3O2. The normalized spacial score (nSPS) is 24.1. The van der Waals surface area contributed by atoms with E-state index in [0.29, 0.717) is 0 Å². The molecule has 1 heterocycles. The van der Waals surface area contributed by atoms with Crippen LogP contribution in [0.1, 0.15) is 58.8 Å². The molecule has 0 aromatic heterocycles. The van der Waals surface area contributed by atoms with Crippen molar-refractivity contribution in [2.24, 2.45) is 5.92 Å². The lowest BCUT2D eigenvalue weighted by Gasteiger charge is -2.34. The Labute approximate surface area is 146 Å². The highest BCUT2D eigenvalue weighted by Crippen LogP contribution is 2.29. The second kappa shape index (κ2) is 8.55. The van der Waals surface area contributed by atoms with Crippen LogP contribution in [-0.4, -0.2) is 42.1 Å². The fourth-order valence-corrected chi connectivity index (χ4v) is 3.91. The fourth-order valence-electron chi connectivity index (χ4n) is 3.91. The molecule has 0 radical (unpaired) electrons. The first-order chi connectivity index (χ1) is 11.5. The summed E-state index contributed by atoms with van der Waals surface area (Å²) in [4.78, 5) is 27.6. The molecule has 0 aromatic carbocycles. The number of nitriles is 1. The van der Waals surface area contributed by atoms with Gasteiger partial charge in [0.2, 0.25) is 11.8 Å². The van der Waals surface area contributed by atoms with Gasteiger partial charge in [-0.25, -0.2) is 5.26 Å². The van der Waals surface area contributed by atoms with Crippen LogP contribution in [0.25, 0.3) is 0 Å². The van der Waals surface area contributed by atoms with E-state index < -0.39 is 11.9 Å². The topological polar surface area (TPSA) is 73.2 Å². The highest BCUT2D eigenvalue weighted by Gasteiger charge is 2.38. The first kappa shape index (κ1) is 18.8. The molecule has 24 heavy (non-hydrogen) atoms. The number of rotatable bonds is 5. The molecule has 2 unspecified atom stereocenters. The van der Waals surface area contributed by atoms with Gasteiger partial charge in [-0.2, -0.15) is 0 Å². The molecule has 0 aromatic rings. The van der Waals surface area contributed by atoms with Gasteiger partial charge in [-0.15, -0.1) is 0 Å². The van der Waals surface area contributed by atoms with Crippen molar-refractivity contribution in [1.29, 1.82) is 5.26 Å². The third-order valence-corrected chi connectivity index (χ3v) is 5.89. The third-order valence-electron chi connectivity index (χ3n) is 5.89. The van der Waals surface area contributed by atoms with Crippen molar-refractivity contribution in [2.75, 3.05) is 6.54 Å². The Bertz CT molecular complexity index is 499. The zero-order valence-corrected chi connectivity index (χ0v) is 15.3. The van der Waals surface area contributed by atoms with Gasteiger partial charge in [0.05, 0.1) is 0 Å². The number of carbonyl (C=O) groups is 2. The summed E-state index contributed by atoms with van der Waals surface area (Å²) in [6, 6.07) is -0.164. The van der Waals surface area contributed by atoms with Gasteiger partial charge in [0.15, 0.2) is 0 Å². The van der Waals surface area contributed by atoms with E-state index in [1.807, 2.05) is 4.90 Å². The van der Waals surface area contributed by atoms with Crippen molar-refractivity contribution >= 4 is 18.5 Å². The molecule has 0 spiro atoms. The molecule has 5 nitrogen and oxygen atoms in total. The Morgan fingerprint density at radius 3 is 2.42 bits per heavy atom. The first-order valence-electron chi connectivity index (χ1n) is 9.46. The molecule has 1 saturated carbocycles. The summed E-state index contributed by atoms with van der Waals surface area (Å²) in [7, 11) is 0. The van der Waals surface area contributed by atoms with Crippen molar-refractivity contribution in [3.63, 3.8) is 0 Å². The van der Waals surface area contributed by atoms with Crippen molar-refractivity contribution < 1.29 is 9.59 Å². The number of nitrogens with one attached hydrogen (secondary N) is 1. The van der Waals surface area contributed by atoms with Crippen molar-refractivity contribution in [1.82, 2.24) is 10.2 Å². The van der Waals surface area contributed by atoms with E-state index >= 15 is 0 Å². The summed E-state index contributed by atoms with van der Waals surface area (Å²) >= 11 is 0. The fraction of sp³-hybridized carbons (Fsp3) is 0.833. The highest BCUT2D eigenvalue weighted by atomic mass is 16.2. The highest BCUT2D eigenvalue weighted by molar-refractivity contribution is 6.70. The number of nitrogens with zero attached hydrogens (tertiary/aromatic N) is 2. The number of hydrogen-bond donors (Lipinski definition) is 1. The summed E-state index contributed by atoms with van der Waals surface area (Å²) in [6.07, 6.45) is 7.56. The molecule has 1 aliphatic carbocycles. The molecule has 132 valence electrons. The summed E-state index contributed by atoms with van der Waals surface area (Å²) in [5, 5.41) is 12.1. The van der Waals surface area contributed by atoms with Gasteiger partial charge in [0.1, 0.15) is 6.04 Å². The second-order valence-electron chi connectivity index (χ2n) is 7.61. The Hall–Kier alpha value is -1.51. The van der Waals surface area contributed by atoms with Crippen LogP contribution in [0.4, 0.5) is 0 Å². The summed E-state index contributed by atoms with van der Waals surface area (Å²) < 4.78 is 0. The van der Waals surface area contributed by atoms with Crippen LogP contribution in [0.2, 0.25) is 12.6 Å². The zero-order valence-electron chi connectivity index (χ0n) is 15.3. The average molecular weight is 331 g/mol. The van der Waals surface area contributed by atoms with Gasteiger partial charge in [-0.3, -0.25) is 9.59 Å². The summed E-state index contributed by atoms with van der Waals surface area (Å²) in [5.41, 5.74) is 0. The molecule has 3 atom stereocenters. The lowest BCUT2D eigenvalue weighted by molar-refractivity contribution is -0.138. The minimum Gasteiger partial charge on any atom is -0.344 e. The second-order valence-corrected chi connectivity index (χ2v) is 7.61. The predicted molar refractivity (Wildman–Crippen MR) is 95.6 cm³/mol. The van der Waals surface area contributed by atoms with Crippen LogP contribution in [0.3, 0.4) is 0 Å². The molecular weight excluding hydrogens is 301 g/mol. The van der Waals surface area contributed by atoms with Crippen LogP contribution in [-0.2, 0) is 9.59 Å². The summed E-state index contributed by atoms with van der Waals surface area (Å²) in [6.45, 7) is 6.06. The van der Waals surface area contributed by atoms with Gasteiger partial charge in [-0.05, 0) is 38.5 Å². The van der Waals surface area contributed by atoms with Crippen LogP contribution < -0.4 is 5.32 Å². The molecule has 0 bridgehead atoms. The van der Waals surface area contributed by atoms with Crippen LogP contribution in [0, 0.1) is 17.1 Å². The monoisotopic (exact) mass is 331 g/mol. The first-order valence-corrected chi connectivity index (χ1v) is 9.46. The standard InChI is InChI=1S/C18H30BN3O2/c1-13-8-7-11-22(13)18(24)16(15-9-5-4-6-10-15)21-17(23)14(2)19(3)12-20/h13-16H,4-11H2,1-3H3,(H,21,23)/t13?,14-,16?/m0/s1. The lowest BCUT2D eigenvalue weighted by atomic mass is 9.44. The lowest BCUT2D eigenvalue weighted by Crippen LogP contribution is -2.54. The van der Waals surface area contributed by atoms with E-state index in [0.717, 1.165) is 45.1 Å². The Morgan fingerprint density at radius 1 is 1.21 bits per heavy atom. The maximum Gasteiger partial charge on any atom is 0.276 e. The Kier molecular flexibility index (Phi) is 6.71.